The van der Waals surface area contributed by atoms with Crippen LogP contribution >= 0.6 is 12.2 Å². The van der Waals surface area contributed by atoms with Crippen molar-refractivity contribution < 1.29 is 0 Å². The third kappa shape index (κ3) is 2.30. The van der Waals surface area contributed by atoms with Crippen LogP contribution in [0.1, 0.15) is 19.8 Å². The molecule has 1 heterocycles. The first-order valence-corrected chi connectivity index (χ1v) is 4.90. The zero-order chi connectivity index (χ0) is 9.84. The first-order valence-electron chi connectivity index (χ1n) is 4.49. The Morgan fingerprint density at radius 1 is 1.62 bits per heavy atom. The predicted molar refractivity (Wildman–Crippen MR) is 56.6 cm³/mol. The summed E-state index contributed by atoms with van der Waals surface area (Å²) in [6.45, 7) is 3.20. The summed E-state index contributed by atoms with van der Waals surface area (Å²) in [5.74, 6) is 0.901. The smallest absolute Gasteiger partial charge is 0.225 e. The van der Waals surface area contributed by atoms with Gasteiger partial charge in [0.2, 0.25) is 5.95 Å². The Bertz CT molecular complexity index is 314. The molecule has 0 aromatic carbocycles. The van der Waals surface area contributed by atoms with Crippen molar-refractivity contribution in [2.75, 3.05) is 18.5 Å². The monoisotopic (exact) mass is 200 g/mol. The molecule has 5 heteroatoms. The topological polar surface area (TPSA) is 36.9 Å². The zero-order valence-corrected chi connectivity index (χ0v) is 9.19. The van der Waals surface area contributed by atoms with E-state index in [0.29, 0.717) is 4.77 Å². The molecule has 4 nitrogen and oxygen atoms in total. The number of H-pyrrole nitrogens is 1. The Hall–Kier alpha value is -0.840. The van der Waals surface area contributed by atoms with Gasteiger partial charge >= 0.3 is 0 Å². The molecule has 0 bridgehead atoms. The lowest BCUT2D eigenvalue weighted by Gasteiger charge is -2.16. The molecule has 0 spiro atoms. The SMILES string of the molecule is CCCCN(C)c1n[nH]c(=S)n1C. The van der Waals surface area contributed by atoms with Crippen LogP contribution in [0.2, 0.25) is 0 Å². The van der Waals surface area contributed by atoms with E-state index in [0.717, 1.165) is 12.5 Å². The van der Waals surface area contributed by atoms with Gasteiger partial charge in [-0.25, -0.2) is 5.10 Å². The van der Waals surface area contributed by atoms with Crippen molar-refractivity contribution in [1.82, 2.24) is 14.8 Å². The third-order valence-electron chi connectivity index (χ3n) is 2.04. The van der Waals surface area contributed by atoms with Crippen LogP contribution in [0.25, 0.3) is 0 Å². The molecule has 0 unspecified atom stereocenters. The summed E-state index contributed by atoms with van der Waals surface area (Å²) in [6.07, 6.45) is 2.37. The van der Waals surface area contributed by atoms with Crippen molar-refractivity contribution in [3.63, 3.8) is 0 Å². The Kier molecular flexibility index (Phi) is 3.48. The Balaban J connectivity index is 2.71. The highest BCUT2D eigenvalue weighted by Gasteiger charge is 2.06. The van der Waals surface area contributed by atoms with E-state index in [2.05, 4.69) is 22.0 Å². The molecule has 1 aromatic rings. The Labute approximate surface area is 83.6 Å². The van der Waals surface area contributed by atoms with Crippen LogP contribution < -0.4 is 4.90 Å². The Morgan fingerprint density at radius 2 is 2.31 bits per heavy atom. The molecule has 1 N–H and O–H groups in total. The highest BCUT2D eigenvalue weighted by molar-refractivity contribution is 7.71. The van der Waals surface area contributed by atoms with Crippen molar-refractivity contribution in [3.8, 4) is 0 Å². The highest BCUT2D eigenvalue weighted by atomic mass is 32.1. The lowest BCUT2D eigenvalue weighted by molar-refractivity contribution is 0.730. The van der Waals surface area contributed by atoms with E-state index in [1.165, 1.54) is 12.8 Å². The maximum atomic E-state index is 5.02. The predicted octanol–water partition coefficient (Wildman–Crippen LogP) is 1.71. The van der Waals surface area contributed by atoms with Gasteiger partial charge in [-0.1, -0.05) is 13.3 Å². The maximum Gasteiger partial charge on any atom is 0.225 e. The van der Waals surface area contributed by atoms with E-state index >= 15 is 0 Å². The van der Waals surface area contributed by atoms with Gasteiger partial charge < -0.3 is 4.90 Å². The van der Waals surface area contributed by atoms with E-state index < -0.39 is 0 Å². The van der Waals surface area contributed by atoms with Crippen LogP contribution in [-0.4, -0.2) is 28.4 Å². The summed E-state index contributed by atoms with van der Waals surface area (Å²) in [5, 5.41) is 6.91. The molecular formula is C8H16N4S. The lowest BCUT2D eigenvalue weighted by atomic mass is 10.3. The van der Waals surface area contributed by atoms with Gasteiger partial charge in [0, 0.05) is 20.6 Å². The summed E-state index contributed by atoms with van der Waals surface area (Å²) in [4.78, 5) is 2.11. The van der Waals surface area contributed by atoms with Gasteiger partial charge in [0.05, 0.1) is 0 Å². The number of unbranched alkanes of at least 4 members (excludes halogenated alkanes) is 1. The number of anilines is 1. The number of hydrogen-bond acceptors (Lipinski definition) is 3. The van der Waals surface area contributed by atoms with Gasteiger partial charge in [0.15, 0.2) is 4.77 Å². The molecule has 0 saturated carbocycles. The molecule has 0 atom stereocenters. The average Bonchev–Trinajstić information content (AvgIpc) is 2.44. The van der Waals surface area contributed by atoms with Gasteiger partial charge in [0.25, 0.3) is 0 Å². The minimum absolute atomic E-state index is 0.665. The number of aromatic amines is 1. The third-order valence-corrected chi connectivity index (χ3v) is 2.41. The van der Waals surface area contributed by atoms with E-state index in [1.54, 1.807) is 0 Å². The summed E-state index contributed by atoms with van der Waals surface area (Å²) in [5.41, 5.74) is 0. The summed E-state index contributed by atoms with van der Waals surface area (Å²) >= 11 is 5.02. The van der Waals surface area contributed by atoms with Gasteiger partial charge in [-0.05, 0) is 18.6 Å². The van der Waals surface area contributed by atoms with Crippen molar-refractivity contribution in [2.45, 2.75) is 19.8 Å². The number of nitrogens with zero attached hydrogens (tertiary/aromatic N) is 3. The van der Waals surface area contributed by atoms with E-state index in [4.69, 9.17) is 12.2 Å². The second-order valence-corrected chi connectivity index (χ2v) is 3.55. The van der Waals surface area contributed by atoms with E-state index in [9.17, 15) is 0 Å². The highest BCUT2D eigenvalue weighted by Crippen LogP contribution is 2.07. The molecule has 0 aliphatic heterocycles. The minimum atomic E-state index is 0.665. The zero-order valence-electron chi connectivity index (χ0n) is 8.37. The molecule has 0 amide bonds. The molecule has 13 heavy (non-hydrogen) atoms. The van der Waals surface area contributed by atoms with Crippen molar-refractivity contribution in [3.05, 3.63) is 4.77 Å². The van der Waals surface area contributed by atoms with Gasteiger partial charge in [-0.2, -0.15) is 0 Å². The molecule has 0 aliphatic rings. The second-order valence-electron chi connectivity index (χ2n) is 3.16. The van der Waals surface area contributed by atoms with Crippen LogP contribution in [0.4, 0.5) is 5.95 Å². The molecule has 0 radical (unpaired) electrons. The van der Waals surface area contributed by atoms with Gasteiger partial charge in [0.1, 0.15) is 0 Å². The van der Waals surface area contributed by atoms with Crippen molar-refractivity contribution in [1.29, 1.82) is 0 Å². The van der Waals surface area contributed by atoms with Crippen LogP contribution in [-0.2, 0) is 7.05 Å². The number of nitrogens with one attached hydrogen (secondary N) is 1. The number of hydrogen-bond donors (Lipinski definition) is 1. The van der Waals surface area contributed by atoms with Crippen LogP contribution in [0.5, 0.6) is 0 Å². The minimum Gasteiger partial charge on any atom is -0.344 e. The lowest BCUT2D eigenvalue weighted by Crippen LogP contribution is -2.21. The van der Waals surface area contributed by atoms with Crippen molar-refractivity contribution >= 4 is 18.2 Å². The first kappa shape index (κ1) is 10.2. The fourth-order valence-corrected chi connectivity index (χ4v) is 1.30. The maximum absolute atomic E-state index is 5.02. The second kappa shape index (κ2) is 4.41. The molecule has 1 rings (SSSR count). The normalized spacial score (nSPS) is 10.4. The summed E-state index contributed by atoms with van der Waals surface area (Å²) < 4.78 is 2.55. The van der Waals surface area contributed by atoms with E-state index in [1.807, 2.05) is 18.7 Å². The molecule has 0 fully saturated rings. The summed E-state index contributed by atoms with van der Waals surface area (Å²) in [6, 6.07) is 0. The Morgan fingerprint density at radius 3 is 2.77 bits per heavy atom. The first-order chi connectivity index (χ1) is 6.16. The van der Waals surface area contributed by atoms with Crippen LogP contribution in [0, 0.1) is 4.77 Å². The quantitative estimate of drug-likeness (QED) is 0.752. The molecule has 0 saturated heterocycles. The molecule has 1 aromatic heterocycles. The fraction of sp³-hybridized carbons (Fsp3) is 0.750. The van der Waals surface area contributed by atoms with E-state index in [-0.39, 0.29) is 0 Å². The molecule has 74 valence electrons. The molecule has 0 aliphatic carbocycles. The molecular weight excluding hydrogens is 184 g/mol. The average molecular weight is 200 g/mol. The van der Waals surface area contributed by atoms with Gasteiger partial charge in [-0.15, -0.1) is 5.10 Å². The number of aromatic nitrogens is 3. The van der Waals surface area contributed by atoms with Crippen LogP contribution in [0.3, 0.4) is 0 Å². The summed E-state index contributed by atoms with van der Waals surface area (Å²) in [7, 11) is 3.95. The van der Waals surface area contributed by atoms with Crippen LogP contribution in [0.15, 0.2) is 0 Å². The standard InChI is InChI=1S/C8H16N4S/c1-4-5-6-11(2)7-9-10-8(13)12(7)3/h4-6H2,1-3H3,(H,10,13). The fourth-order valence-electron chi connectivity index (χ4n) is 1.18. The van der Waals surface area contributed by atoms with Crippen molar-refractivity contribution in [2.24, 2.45) is 7.05 Å². The van der Waals surface area contributed by atoms with Gasteiger partial charge in [-0.3, -0.25) is 4.57 Å². The number of rotatable bonds is 4. The largest absolute Gasteiger partial charge is 0.344 e.